The molecular weight excluding hydrogens is 282 g/mol. The van der Waals surface area contributed by atoms with Gasteiger partial charge in [0, 0.05) is 35.9 Å². The van der Waals surface area contributed by atoms with Gasteiger partial charge in [0.05, 0.1) is 12.6 Å². The fourth-order valence-corrected chi connectivity index (χ4v) is 5.03. The standard InChI is InChI=1S/C16H23N3OS/c1-17-15(18-10-11-4-2-9-21-11)19-13-12-5-8-20-14(12)16(13)6-3-7-16/h2,4,9,12-14H,3,5-8,10H2,1H3,(H2,17,18,19). The van der Waals surface area contributed by atoms with E-state index in [2.05, 4.69) is 33.1 Å². The van der Waals surface area contributed by atoms with Gasteiger partial charge < -0.3 is 15.4 Å². The Bertz CT molecular complexity index is 524. The molecule has 2 N–H and O–H groups in total. The van der Waals surface area contributed by atoms with Gasteiger partial charge in [0.1, 0.15) is 0 Å². The van der Waals surface area contributed by atoms with Crippen LogP contribution < -0.4 is 10.6 Å². The van der Waals surface area contributed by atoms with Crippen molar-refractivity contribution in [3.8, 4) is 0 Å². The lowest BCUT2D eigenvalue weighted by atomic mass is 9.46. The second-order valence-electron chi connectivity index (χ2n) is 6.46. The molecule has 0 bridgehead atoms. The molecule has 4 nitrogen and oxygen atoms in total. The van der Waals surface area contributed by atoms with E-state index in [0.717, 1.165) is 19.1 Å². The summed E-state index contributed by atoms with van der Waals surface area (Å²) in [6, 6.07) is 4.80. The Morgan fingerprint density at radius 3 is 3.10 bits per heavy atom. The largest absolute Gasteiger partial charge is 0.377 e. The average molecular weight is 305 g/mol. The van der Waals surface area contributed by atoms with Crippen LogP contribution >= 0.6 is 11.3 Å². The molecule has 4 rings (SSSR count). The van der Waals surface area contributed by atoms with Crippen molar-refractivity contribution < 1.29 is 4.74 Å². The van der Waals surface area contributed by atoms with Crippen LogP contribution in [0.25, 0.3) is 0 Å². The highest BCUT2D eigenvalue weighted by atomic mass is 32.1. The van der Waals surface area contributed by atoms with Gasteiger partial charge in [-0.05, 0) is 30.7 Å². The SMILES string of the molecule is CN=C(NCc1cccs1)NC1C2CCOC2C12CCC2. The van der Waals surface area contributed by atoms with Crippen molar-refractivity contribution in [3.05, 3.63) is 22.4 Å². The smallest absolute Gasteiger partial charge is 0.191 e. The molecule has 3 fully saturated rings. The molecule has 3 unspecified atom stereocenters. The molecule has 1 spiro atoms. The van der Waals surface area contributed by atoms with Crippen molar-refractivity contribution in [1.29, 1.82) is 0 Å². The van der Waals surface area contributed by atoms with Gasteiger partial charge in [0.15, 0.2) is 5.96 Å². The first kappa shape index (κ1) is 13.6. The summed E-state index contributed by atoms with van der Waals surface area (Å²) in [5.74, 6) is 1.62. The molecule has 1 aliphatic heterocycles. The minimum absolute atomic E-state index is 0.404. The number of rotatable bonds is 3. The fourth-order valence-electron chi connectivity index (χ4n) is 4.38. The van der Waals surface area contributed by atoms with E-state index in [0.29, 0.717) is 23.5 Å². The van der Waals surface area contributed by atoms with Crippen LogP contribution in [-0.4, -0.2) is 31.8 Å². The number of aliphatic imine (C=N–C) groups is 1. The summed E-state index contributed by atoms with van der Waals surface area (Å²) in [7, 11) is 1.86. The maximum absolute atomic E-state index is 5.98. The van der Waals surface area contributed by atoms with Gasteiger partial charge in [0.2, 0.25) is 0 Å². The van der Waals surface area contributed by atoms with E-state index in [9.17, 15) is 0 Å². The summed E-state index contributed by atoms with van der Waals surface area (Å²) >= 11 is 1.78. The van der Waals surface area contributed by atoms with E-state index in [1.165, 1.54) is 30.6 Å². The van der Waals surface area contributed by atoms with Gasteiger partial charge in [-0.15, -0.1) is 11.3 Å². The van der Waals surface area contributed by atoms with Gasteiger partial charge in [-0.3, -0.25) is 4.99 Å². The van der Waals surface area contributed by atoms with Crippen LogP contribution in [0.1, 0.15) is 30.6 Å². The zero-order valence-corrected chi connectivity index (χ0v) is 13.3. The van der Waals surface area contributed by atoms with E-state index < -0.39 is 0 Å². The third-order valence-corrected chi connectivity index (χ3v) is 6.44. The zero-order chi connectivity index (χ0) is 14.3. The van der Waals surface area contributed by atoms with Crippen LogP contribution in [-0.2, 0) is 11.3 Å². The molecule has 0 amide bonds. The van der Waals surface area contributed by atoms with Crippen molar-refractivity contribution in [2.24, 2.45) is 16.3 Å². The molecule has 5 heteroatoms. The fraction of sp³-hybridized carbons (Fsp3) is 0.688. The minimum Gasteiger partial charge on any atom is -0.377 e. The molecular formula is C16H23N3OS. The Labute approximate surface area is 130 Å². The summed E-state index contributed by atoms with van der Waals surface area (Å²) in [5, 5.41) is 9.25. The molecule has 21 heavy (non-hydrogen) atoms. The van der Waals surface area contributed by atoms with Gasteiger partial charge in [-0.25, -0.2) is 0 Å². The second-order valence-corrected chi connectivity index (χ2v) is 7.49. The Kier molecular flexibility index (Phi) is 3.42. The van der Waals surface area contributed by atoms with Crippen molar-refractivity contribution in [3.63, 3.8) is 0 Å². The first-order valence-electron chi connectivity index (χ1n) is 7.95. The quantitative estimate of drug-likeness (QED) is 0.666. The maximum atomic E-state index is 5.98. The Morgan fingerprint density at radius 1 is 1.52 bits per heavy atom. The van der Waals surface area contributed by atoms with E-state index in [-0.39, 0.29) is 0 Å². The maximum Gasteiger partial charge on any atom is 0.191 e. The summed E-state index contributed by atoms with van der Waals surface area (Å²) in [5.41, 5.74) is 0.404. The lowest BCUT2D eigenvalue weighted by Gasteiger charge is -2.63. The molecule has 0 radical (unpaired) electrons. The molecule has 1 aromatic heterocycles. The predicted octanol–water partition coefficient (Wildman–Crippen LogP) is 2.37. The summed E-state index contributed by atoms with van der Waals surface area (Å²) in [6.07, 6.45) is 5.69. The summed E-state index contributed by atoms with van der Waals surface area (Å²) in [4.78, 5) is 5.75. The monoisotopic (exact) mass is 305 g/mol. The molecule has 2 aliphatic carbocycles. The van der Waals surface area contributed by atoms with E-state index in [1.54, 1.807) is 11.3 Å². The molecule has 3 aliphatic rings. The lowest BCUT2D eigenvalue weighted by Crippen LogP contribution is -2.72. The zero-order valence-electron chi connectivity index (χ0n) is 12.5. The van der Waals surface area contributed by atoms with Crippen LogP contribution in [0.3, 0.4) is 0 Å². The van der Waals surface area contributed by atoms with Gasteiger partial charge >= 0.3 is 0 Å². The normalized spacial score (nSPS) is 33.2. The molecule has 3 atom stereocenters. The number of nitrogens with zero attached hydrogens (tertiary/aromatic N) is 1. The van der Waals surface area contributed by atoms with Crippen molar-refractivity contribution >= 4 is 17.3 Å². The Hall–Kier alpha value is -1.07. The van der Waals surface area contributed by atoms with E-state index >= 15 is 0 Å². The first-order chi connectivity index (χ1) is 10.3. The highest BCUT2D eigenvalue weighted by molar-refractivity contribution is 7.09. The highest BCUT2D eigenvalue weighted by Crippen LogP contribution is 2.62. The molecule has 0 aromatic carbocycles. The molecule has 114 valence electrons. The second kappa shape index (κ2) is 5.29. The van der Waals surface area contributed by atoms with Crippen LogP contribution in [0.15, 0.2) is 22.5 Å². The average Bonchev–Trinajstić information content (AvgIpc) is 3.08. The van der Waals surface area contributed by atoms with E-state index in [4.69, 9.17) is 4.74 Å². The number of nitrogens with one attached hydrogen (secondary N) is 2. The predicted molar refractivity (Wildman–Crippen MR) is 85.6 cm³/mol. The van der Waals surface area contributed by atoms with Gasteiger partial charge in [0.25, 0.3) is 0 Å². The number of guanidine groups is 1. The number of ether oxygens (including phenoxy) is 1. The molecule has 2 saturated carbocycles. The van der Waals surface area contributed by atoms with Gasteiger partial charge in [-0.1, -0.05) is 12.5 Å². The summed E-state index contributed by atoms with van der Waals surface area (Å²) in [6.45, 7) is 1.79. The Morgan fingerprint density at radius 2 is 2.43 bits per heavy atom. The van der Waals surface area contributed by atoms with Crippen LogP contribution in [0.4, 0.5) is 0 Å². The lowest BCUT2D eigenvalue weighted by molar-refractivity contribution is -0.171. The highest BCUT2D eigenvalue weighted by Gasteiger charge is 2.66. The van der Waals surface area contributed by atoms with Crippen LogP contribution in [0.2, 0.25) is 0 Å². The third-order valence-electron chi connectivity index (χ3n) is 5.56. The van der Waals surface area contributed by atoms with Gasteiger partial charge in [-0.2, -0.15) is 0 Å². The van der Waals surface area contributed by atoms with E-state index in [1.807, 2.05) is 7.05 Å². The Balaban J connectivity index is 1.39. The number of thiophene rings is 1. The minimum atomic E-state index is 0.404. The number of fused-ring (bicyclic) bond motifs is 2. The molecule has 2 heterocycles. The first-order valence-corrected chi connectivity index (χ1v) is 8.83. The van der Waals surface area contributed by atoms with Crippen LogP contribution in [0.5, 0.6) is 0 Å². The number of hydrogen-bond donors (Lipinski definition) is 2. The van der Waals surface area contributed by atoms with Crippen LogP contribution in [0, 0.1) is 11.3 Å². The third kappa shape index (κ3) is 2.09. The van der Waals surface area contributed by atoms with Crippen molar-refractivity contribution in [2.45, 2.75) is 44.4 Å². The molecule has 1 aromatic rings. The number of hydrogen-bond acceptors (Lipinski definition) is 3. The van der Waals surface area contributed by atoms with Crippen molar-refractivity contribution in [1.82, 2.24) is 10.6 Å². The summed E-state index contributed by atoms with van der Waals surface area (Å²) < 4.78 is 5.98. The topological polar surface area (TPSA) is 45.7 Å². The molecule has 1 saturated heterocycles. The van der Waals surface area contributed by atoms with Crippen molar-refractivity contribution in [2.75, 3.05) is 13.7 Å².